The van der Waals surface area contributed by atoms with Gasteiger partial charge in [0.2, 0.25) is 0 Å². The molecule has 0 amide bonds. The highest BCUT2D eigenvalue weighted by Gasteiger charge is 2.33. The molecule has 0 aromatic carbocycles. The van der Waals surface area contributed by atoms with Crippen molar-refractivity contribution in [3.8, 4) is 0 Å². The lowest BCUT2D eigenvalue weighted by molar-refractivity contribution is -0.120. The fourth-order valence-electron chi connectivity index (χ4n) is 1.89. The zero-order chi connectivity index (χ0) is 9.73. The molecule has 1 aliphatic heterocycles. The maximum Gasteiger partial charge on any atom is 0.122 e. The number of likely N-dealkylation sites (tertiary alicyclic amines) is 1. The van der Waals surface area contributed by atoms with E-state index < -0.39 is 0 Å². The lowest BCUT2D eigenvalue weighted by Crippen LogP contribution is -2.45. The van der Waals surface area contributed by atoms with Crippen LogP contribution in [0.4, 0.5) is 0 Å². The standard InChI is InChI=1S/C10H19NO2/c1-3-13-10(6-9-12)4-7-11(2)8-5-10/h9H,3-8H2,1-2H3. The molecule has 0 saturated carbocycles. The third-order valence-corrected chi connectivity index (χ3v) is 2.80. The van der Waals surface area contributed by atoms with E-state index >= 15 is 0 Å². The van der Waals surface area contributed by atoms with Crippen molar-refractivity contribution in [1.29, 1.82) is 0 Å². The van der Waals surface area contributed by atoms with Gasteiger partial charge < -0.3 is 14.4 Å². The highest BCUT2D eigenvalue weighted by molar-refractivity contribution is 5.51. The SMILES string of the molecule is CCOC1(CC=O)CCN(C)CC1. The monoisotopic (exact) mass is 185 g/mol. The number of aldehydes is 1. The Morgan fingerprint density at radius 3 is 2.54 bits per heavy atom. The summed E-state index contributed by atoms with van der Waals surface area (Å²) in [5, 5.41) is 0. The predicted molar refractivity (Wildman–Crippen MR) is 51.8 cm³/mol. The summed E-state index contributed by atoms with van der Waals surface area (Å²) in [6, 6.07) is 0. The molecule has 1 fully saturated rings. The van der Waals surface area contributed by atoms with Gasteiger partial charge in [-0.15, -0.1) is 0 Å². The quantitative estimate of drug-likeness (QED) is 0.614. The summed E-state index contributed by atoms with van der Waals surface area (Å²) in [5.74, 6) is 0. The predicted octanol–water partition coefficient (Wildman–Crippen LogP) is 1.08. The van der Waals surface area contributed by atoms with E-state index in [0.29, 0.717) is 13.0 Å². The van der Waals surface area contributed by atoms with Crippen molar-refractivity contribution < 1.29 is 9.53 Å². The van der Waals surface area contributed by atoms with Gasteiger partial charge in [0.25, 0.3) is 0 Å². The Morgan fingerprint density at radius 1 is 1.46 bits per heavy atom. The fraction of sp³-hybridized carbons (Fsp3) is 0.900. The van der Waals surface area contributed by atoms with Crippen LogP contribution >= 0.6 is 0 Å². The first kappa shape index (κ1) is 10.7. The van der Waals surface area contributed by atoms with Crippen LogP contribution < -0.4 is 0 Å². The first-order chi connectivity index (χ1) is 6.22. The molecule has 0 atom stereocenters. The minimum absolute atomic E-state index is 0.150. The number of piperidine rings is 1. The van der Waals surface area contributed by atoms with E-state index in [-0.39, 0.29) is 5.60 Å². The molecular formula is C10H19NO2. The molecule has 0 N–H and O–H groups in total. The van der Waals surface area contributed by atoms with Crippen molar-refractivity contribution in [3.63, 3.8) is 0 Å². The van der Waals surface area contributed by atoms with Gasteiger partial charge in [0.1, 0.15) is 6.29 Å². The van der Waals surface area contributed by atoms with E-state index in [0.717, 1.165) is 32.2 Å². The topological polar surface area (TPSA) is 29.5 Å². The normalized spacial score (nSPS) is 22.9. The van der Waals surface area contributed by atoms with Crippen molar-refractivity contribution in [2.75, 3.05) is 26.7 Å². The number of ether oxygens (including phenoxy) is 1. The number of carbonyl (C=O) groups is 1. The molecule has 76 valence electrons. The molecule has 1 aliphatic rings. The number of hydrogen-bond acceptors (Lipinski definition) is 3. The Morgan fingerprint density at radius 2 is 2.08 bits per heavy atom. The lowest BCUT2D eigenvalue weighted by Gasteiger charge is -2.39. The molecule has 1 rings (SSSR count). The maximum atomic E-state index is 10.5. The van der Waals surface area contributed by atoms with E-state index in [1.54, 1.807) is 0 Å². The van der Waals surface area contributed by atoms with Gasteiger partial charge in [-0.1, -0.05) is 0 Å². The zero-order valence-electron chi connectivity index (χ0n) is 8.58. The maximum absolute atomic E-state index is 10.5. The van der Waals surface area contributed by atoms with Crippen molar-refractivity contribution >= 4 is 6.29 Å². The minimum atomic E-state index is -0.150. The second-order valence-corrected chi connectivity index (χ2v) is 3.79. The first-order valence-corrected chi connectivity index (χ1v) is 4.98. The van der Waals surface area contributed by atoms with Crippen molar-refractivity contribution in [1.82, 2.24) is 4.90 Å². The Bertz CT molecular complexity index is 162. The van der Waals surface area contributed by atoms with Crippen molar-refractivity contribution in [3.05, 3.63) is 0 Å². The molecule has 1 heterocycles. The molecule has 0 aromatic rings. The van der Waals surface area contributed by atoms with Crippen LogP contribution in [0.2, 0.25) is 0 Å². The van der Waals surface area contributed by atoms with Crippen LogP contribution in [0.3, 0.4) is 0 Å². The van der Waals surface area contributed by atoms with E-state index in [1.807, 2.05) is 6.92 Å². The Balaban J connectivity index is 2.51. The van der Waals surface area contributed by atoms with E-state index in [9.17, 15) is 4.79 Å². The van der Waals surface area contributed by atoms with Crippen LogP contribution in [0.5, 0.6) is 0 Å². The zero-order valence-corrected chi connectivity index (χ0v) is 8.58. The van der Waals surface area contributed by atoms with E-state index in [4.69, 9.17) is 4.74 Å². The lowest BCUT2D eigenvalue weighted by atomic mass is 9.88. The smallest absolute Gasteiger partial charge is 0.122 e. The Kier molecular flexibility index (Phi) is 3.88. The summed E-state index contributed by atoms with van der Waals surface area (Å²) >= 11 is 0. The van der Waals surface area contributed by atoms with Gasteiger partial charge in [-0.05, 0) is 26.8 Å². The third kappa shape index (κ3) is 2.78. The molecule has 3 nitrogen and oxygen atoms in total. The summed E-state index contributed by atoms with van der Waals surface area (Å²) in [5.41, 5.74) is -0.150. The van der Waals surface area contributed by atoms with Gasteiger partial charge in [-0.25, -0.2) is 0 Å². The van der Waals surface area contributed by atoms with E-state index in [2.05, 4.69) is 11.9 Å². The molecule has 1 saturated heterocycles. The second-order valence-electron chi connectivity index (χ2n) is 3.79. The molecule has 0 radical (unpaired) electrons. The molecule has 3 heteroatoms. The van der Waals surface area contributed by atoms with Gasteiger partial charge in [0.05, 0.1) is 5.60 Å². The molecule has 0 aromatic heterocycles. The second kappa shape index (κ2) is 4.72. The van der Waals surface area contributed by atoms with Crippen LogP contribution in [-0.4, -0.2) is 43.5 Å². The third-order valence-electron chi connectivity index (χ3n) is 2.80. The number of rotatable bonds is 4. The van der Waals surface area contributed by atoms with Crippen LogP contribution in [0.15, 0.2) is 0 Å². The van der Waals surface area contributed by atoms with Gasteiger partial charge in [0, 0.05) is 26.1 Å². The minimum Gasteiger partial charge on any atom is -0.375 e. The number of hydrogen-bond donors (Lipinski definition) is 0. The van der Waals surface area contributed by atoms with Crippen LogP contribution in [0, 0.1) is 0 Å². The van der Waals surface area contributed by atoms with Crippen LogP contribution in [0.1, 0.15) is 26.2 Å². The summed E-state index contributed by atoms with van der Waals surface area (Å²) in [7, 11) is 2.11. The summed E-state index contributed by atoms with van der Waals surface area (Å²) in [6.45, 7) is 4.77. The highest BCUT2D eigenvalue weighted by Crippen LogP contribution is 2.28. The van der Waals surface area contributed by atoms with Crippen LogP contribution in [-0.2, 0) is 9.53 Å². The first-order valence-electron chi connectivity index (χ1n) is 4.98. The summed E-state index contributed by atoms with van der Waals surface area (Å²) < 4.78 is 5.70. The van der Waals surface area contributed by atoms with Gasteiger partial charge in [-0.3, -0.25) is 0 Å². The largest absolute Gasteiger partial charge is 0.375 e. The molecule has 0 bridgehead atoms. The molecule has 0 spiro atoms. The number of carbonyl (C=O) groups excluding carboxylic acids is 1. The van der Waals surface area contributed by atoms with Gasteiger partial charge in [-0.2, -0.15) is 0 Å². The Labute approximate surface area is 80.1 Å². The molecule has 0 unspecified atom stereocenters. The van der Waals surface area contributed by atoms with Gasteiger partial charge in [0.15, 0.2) is 0 Å². The Hall–Kier alpha value is -0.410. The van der Waals surface area contributed by atoms with E-state index in [1.165, 1.54) is 0 Å². The number of nitrogens with zero attached hydrogens (tertiary/aromatic N) is 1. The van der Waals surface area contributed by atoms with Gasteiger partial charge >= 0.3 is 0 Å². The molecule has 13 heavy (non-hydrogen) atoms. The molecular weight excluding hydrogens is 166 g/mol. The fourth-order valence-corrected chi connectivity index (χ4v) is 1.89. The molecule has 0 aliphatic carbocycles. The average Bonchev–Trinajstić information content (AvgIpc) is 2.11. The summed E-state index contributed by atoms with van der Waals surface area (Å²) in [4.78, 5) is 12.8. The van der Waals surface area contributed by atoms with Crippen molar-refractivity contribution in [2.24, 2.45) is 0 Å². The summed E-state index contributed by atoms with van der Waals surface area (Å²) in [6.07, 6.45) is 3.50. The highest BCUT2D eigenvalue weighted by atomic mass is 16.5. The van der Waals surface area contributed by atoms with Crippen molar-refractivity contribution in [2.45, 2.75) is 31.8 Å². The van der Waals surface area contributed by atoms with Crippen LogP contribution in [0.25, 0.3) is 0 Å². The average molecular weight is 185 g/mol.